The van der Waals surface area contributed by atoms with Crippen LogP contribution in [0.4, 0.5) is 0 Å². The van der Waals surface area contributed by atoms with Crippen molar-refractivity contribution in [2.24, 2.45) is 0 Å². The van der Waals surface area contributed by atoms with Gasteiger partial charge in [0.25, 0.3) is 0 Å². The van der Waals surface area contributed by atoms with Crippen molar-refractivity contribution < 1.29 is 9.52 Å². The Labute approximate surface area is 82.0 Å². The zero-order valence-corrected chi connectivity index (χ0v) is 8.15. The molecule has 74 valence electrons. The van der Waals surface area contributed by atoms with Crippen LogP contribution in [0.15, 0.2) is 27.6 Å². The Morgan fingerprint density at radius 3 is 2.71 bits per heavy atom. The van der Waals surface area contributed by atoms with Gasteiger partial charge in [0, 0.05) is 17.7 Å². The van der Waals surface area contributed by atoms with E-state index in [-0.39, 0.29) is 0 Å². The molecule has 3 nitrogen and oxygen atoms in total. The minimum atomic E-state index is -0.413. The van der Waals surface area contributed by atoms with Crippen LogP contribution in [0.25, 0.3) is 12.2 Å². The summed E-state index contributed by atoms with van der Waals surface area (Å²) in [6.45, 7) is 3.69. The molecule has 0 amide bonds. The summed E-state index contributed by atoms with van der Waals surface area (Å²) in [5, 5.41) is 8.63. The van der Waals surface area contributed by atoms with Crippen LogP contribution in [0, 0.1) is 6.92 Å². The fourth-order valence-corrected chi connectivity index (χ4v) is 1.21. The van der Waals surface area contributed by atoms with Crippen molar-refractivity contribution in [3.63, 3.8) is 0 Å². The molecule has 0 aliphatic carbocycles. The summed E-state index contributed by atoms with van der Waals surface area (Å²) in [6.07, 6.45) is 5.87. The first-order valence-corrected chi connectivity index (χ1v) is 4.27. The van der Waals surface area contributed by atoms with E-state index in [1.807, 2.05) is 26.0 Å². The molecule has 0 bridgehead atoms. The summed E-state index contributed by atoms with van der Waals surface area (Å²) >= 11 is 0. The molecular weight excluding hydrogens is 180 g/mol. The van der Waals surface area contributed by atoms with Crippen molar-refractivity contribution in [2.45, 2.75) is 13.8 Å². The minimum absolute atomic E-state index is 0.371. The van der Waals surface area contributed by atoms with E-state index >= 15 is 0 Å². The van der Waals surface area contributed by atoms with Gasteiger partial charge in [-0.3, -0.25) is 0 Å². The number of aryl methyl sites for hydroxylation is 1. The molecule has 0 atom stereocenters. The average Bonchev–Trinajstić information content (AvgIpc) is 2.11. The van der Waals surface area contributed by atoms with E-state index in [0.717, 1.165) is 17.4 Å². The number of aliphatic hydroxyl groups excluding tert-OH is 1. The number of hydrogen-bond donors (Lipinski definition) is 1. The molecule has 0 aromatic carbocycles. The first kappa shape index (κ1) is 10.3. The Hall–Kier alpha value is -1.77. The number of allylic oxidation sites excluding steroid dienone is 1. The molecule has 1 aromatic rings. The maximum Gasteiger partial charge on any atom is 0.336 e. The molecule has 3 heteroatoms. The predicted octanol–water partition coefficient (Wildman–Crippen LogP) is 2.51. The smallest absolute Gasteiger partial charge is 0.336 e. The Bertz CT molecular complexity index is 425. The molecule has 0 unspecified atom stereocenters. The highest BCUT2D eigenvalue weighted by Crippen LogP contribution is 2.15. The van der Waals surface area contributed by atoms with Crippen LogP contribution in [-0.2, 0) is 0 Å². The highest BCUT2D eigenvalue weighted by Gasteiger charge is 2.04. The maximum atomic E-state index is 11.0. The molecule has 1 rings (SSSR count). The maximum absolute atomic E-state index is 11.0. The summed E-state index contributed by atoms with van der Waals surface area (Å²) in [7, 11) is 0. The summed E-state index contributed by atoms with van der Waals surface area (Å²) in [5.41, 5.74) is 1.22. The lowest BCUT2D eigenvalue weighted by Crippen LogP contribution is -2.01. The lowest BCUT2D eigenvalue weighted by Gasteiger charge is -2.02. The van der Waals surface area contributed by atoms with E-state index in [0.29, 0.717) is 5.76 Å². The van der Waals surface area contributed by atoms with Crippen LogP contribution < -0.4 is 5.63 Å². The summed E-state index contributed by atoms with van der Waals surface area (Å²) in [5.74, 6) is 0.371. The van der Waals surface area contributed by atoms with Gasteiger partial charge in [-0.25, -0.2) is 4.79 Å². The van der Waals surface area contributed by atoms with Crippen LogP contribution in [0.3, 0.4) is 0 Å². The van der Waals surface area contributed by atoms with Crippen molar-refractivity contribution in [3.05, 3.63) is 45.7 Å². The summed E-state index contributed by atoms with van der Waals surface area (Å²) in [6, 6.07) is 1.42. The zero-order valence-electron chi connectivity index (χ0n) is 8.15. The molecule has 14 heavy (non-hydrogen) atoms. The average molecular weight is 192 g/mol. The van der Waals surface area contributed by atoms with Gasteiger partial charge in [-0.1, -0.05) is 12.2 Å². The van der Waals surface area contributed by atoms with E-state index < -0.39 is 5.63 Å². The van der Waals surface area contributed by atoms with Crippen molar-refractivity contribution in [3.8, 4) is 0 Å². The largest absolute Gasteiger partial charge is 0.515 e. The van der Waals surface area contributed by atoms with E-state index in [1.165, 1.54) is 12.1 Å². The monoisotopic (exact) mass is 192 g/mol. The first-order chi connectivity index (χ1) is 6.69. The molecule has 0 saturated carbocycles. The number of hydrogen-bond acceptors (Lipinski definition) is 3. The van der Waals surface area contributed by atoms with Gasteiger partial charge in [-0.15, -0.1) is 0 Å². The first-order valence-electron chi connectivity index (χ1n) is 4.27. The lowest BCUT2D eigenvalue weighted by molar-refractivity contribution is 0.469. The Morgan fingerprint density at radius 2 is 2.14 bits per heavy atom. The van der Waals surface area contributed by atoms with E-state index in [9.17, 15) is 4.79 Å². The molecule has 1 aromatic heterocycles. The van der Waals surface area contributed by atoms with E-state index in [2.05, 4.69) is 0 Å². The van der Waals surface area contributed by atoms with Gasteiger partial charge in [0.2, 0.25) is 0 Å². The fraction of sp³-hybridized carbons (Fsp3) is 0.182. The van der Waals surface area contributed by atoms with Gasteiger partial charge >= 0.3 is 5.63 Å². The summed E-state index contributed by atoms with van der Waals surface area (Å²) < 4.78 is 4.93. The normalized spacial score (nSPS) is 11.6. The van der Waals surface area contributed by atoms with Gasteiger partial charge < -0.3 is 9.52 Å². The molecule has 1 heterocycles. The number of rotatable bonds is 2. The van der Waals surface area contributed by atoms with Gasteiger partial charge in [0.15, 0.2) is 0 Å². The van der Waals surface area contributed by atoms with Gasteiger partial charge in [-0.05, 0) is 19.4 Å². The molecular formula is C11H12O3. The van der Waals surface area contributed by atoms with Crippen molar-refractivity contribution >= 4 is 12.2 Å². The second-order valence-corrected chi connectivity index (χ2v) is 2.84. The third kappa shape index (κ3) is 2.13. The van der Waals surface area contributed by atoms with Gasteiger partial charge in [0.1, 0.15) is 5.76 Å². The quantitative estimate of drug-likeness (QED) is 0.732. The van der Waals surface area contributed by atoms with Crippen LogP contribution in [0.2, 0.25) is 0 Å². The van der Waals surface area contributed by atoms with Crippen LogP contribution >= 0.6 is 0 Å². The molecule has 0 radical (unpaired) electrons. The Kier molecular flexibility index (Phi) is 3.29. The highest BCUT2D eigenvalue weighted by atomic mass is 16.4. The van der Waals surface area contributed by atoms with Crippen LogP contribution in [0.1, 0.15) is 23.8 Å². The third-order valence-electron chi connectivity index (χ3n) is 1.79. The minimum Gasteiger partial charge on any atom is -0.515 e. The number of aliphatic hydroxyl groups is 1. The van der Waals surface area contributed by atoms with Crippen molar-refractivity contribution in [1.29, 1.82) is 0 Å². The molecule has 0 aliphatic heterocycles. The fourth-order valence-electron chi connectivity index (χ4n) is 1.21. The van der Waals surface area contributed by atoms with E-state index in [1.54, 1.807) is 0 Å². The molecule has 0 saturated heterocycles. The Balaban J connectivity index is 3.43. The second-order valence-electron chi connectivity index (χ2n) is 2.84. The molecule has 0 spiro atoms. The third-order valence-corrected chi connectivity index (χ3v) is 1.79. The van der Waals surface area contributed by atoms with Crippen LogP contribution in [0.5, 0.6) is 0 Å². The van der Waals surface area contributed by atoms with Crippen molar-refractivity contribution in [2.75, 3.05) is 0 Å². The molecule has 0 fully saturated rings. The SMILES string of the molecule is C/C=C\c1c(C)cc(=O)oc1/C=C/O. The Morgan fingerprint density at radius 1 is 1.43 bits per heavy atom. The standard InChI is InChI=1S/C11H12O3/c1-3-4-9-8(2)7-11(13)14-10(9)5-6-12/h3-7,12H,1-2H3/b4-3-,6-5+. The topological polar surface area (TPSA) is 50.4 Å². The second kappa shape index (κ2) is 4.46. The lowest BCUT2D eigenvalue weighted by atomic mass is 10.1. The summed E-state index contributed by atoms with van der Waals surface area (Å²) in [4.78, 5) is 11.0. The van der Waals surface area contributed by atoms with E-state index in [4.69, 9.17) is 9.52 Å². The zero-order chi connectivity index (χ0) is 10.6. The van der Waals surface area contributed by atoms with Gasteiger partial charge in [-0.2, -0.15) is 0 Å². The highest BCUT2D eigenvalue weighted by molar-refractivity contribution is 5.63. The molecule has 0 aliphatic rings. The molecule has 1 N–H and O–H groups in total. The van der Waals surface area contributed by atoms with Crippen molar-refractivity contribution in [1.82, 2.24) is 0 Å². The van der Waals surface area contributed by atoms with Gasteiger partial charge in [0.05, 0.1) is 6.26 Å². The van der Waals surface area contributed by atoms with Crippen LogP contribution in [-0.4, -0.2) is 5.11 Å². The predicted molar refractivity (Wildman–Crippen MR) is 56.1 cm³/mol.